The van der Waals surface area contributed by atoms with Crippen LogP contribution in [0.25, 0.3) is 0 Å². The second kappa shape index (κ2) is 8.03. The van der Waals surface area contributed by atoms with Crippen LogP contribution in [-0.2, 0) is 6.42 Å². The first kappa shape index (κ1) is 12.9. The topological polar surface area (TPSA) is 0 Å². The van der Waals surface area contributed by atoms with Gasteiger partial charge in [-0.3, -0.25) is 0 Å². The van der Waals surface area contributed by atoms with E-state index in [1.54, 1.807) is 0 Å². The van der Waals surface area contributed by atoms with Gasteiger partial charge < -0.3 is 0 Å². The van der Waals surface area contributed by atoms with Gasteiger partial charge in [-0.1, -0.05) is 0 Å². The number of unbranched alkanes of at least 4 members (excludes halogenated alkanes) is 5. The maximum atomic E-state index is 2.27. The fourth-order valence-corrected chi connectivity index (χ4v) is 1.99. The third kappa shape index (κ3) is 5.45. The molecule has 78 valence electrons. The first-order valence-electron chi connectivity index (χ1n) is 6.39. The van der Waals surface area contributed by atoms with Crippen molar-refractivity contribution in [1.82, 2.24) is 0 Å². The molecule has 0 heterocycles. The van der Waals surface area contributed by atoms with Crippen molar-refractivity contribution in [2.24, 2.45) is 0 Å². The average Bonchev–Trinajstić information content (AvgIpc) is 2.25. The summed E-state index contributed by atoms with van der Waals surface area (Å²) in [6.45, 7) is 2.27. The third-order valence-corrected chi connectivity index (χ3v) is 3.06. The summed E-state index contributed by atoms with van der Waals surface area (Å²) >= 11 is 2.21. The van der Waals surface area contributed by atoms with E-state index in [4.69, 9.17) is 0 Å². The molecule has 0 nitrogen and oxygen atoms in total. The molecular weight excluding hydrogens is 175 g/mol. The second-order valence-corrected chi connectivity index (χ2v) is 4.44. The Morgan fingerprint density at radius 2 is 1.60 bits per heavy atom. The second-order valence-electron chi connectivity index (χ2n) is 4.44. The minimum absolute atomic E-state index is 1.26. The molecule has 0 saturated carbocycles. The third-order valence-electron chi connectivity index (χ3n) is 3.06. The van der Waals surface area contributed by atoms with Crippen LogP contribution in [-0.4, -0.2) is 17.7 Å². The molecule has 0 saturated heterocycles. The van der Waals surface area contributed by atoms with Crippen LogP contribution in [0.4, 0.5) is 0 Å². The van der Waals surface area contributed by atoms with Gasteiger partial charge >= 0.3 is 104 Å². The van der Waals surface area contributed by atoms with E-state index in [-0.39, 0.29) is 0 Å². The Morgan fingerprint density at radius 3 is 2.33 bits per heavy atom. The first-order chi connectivity index (χ1) is 7.34. The zero-order valence-corrected chi connectivity index (χ0v) is 10.3. The molecule has 0 spiro atoms. The Hall–Kier alpha value is -0.183. The minimum atomic E-state index is 1.26. The molecule has 0 fully saturated rings. The van der Waals surface area contributed by atoms with E-state index in [0.29, 0.717) is 0 Å². The molecule has 0 aliphatic heterocycles. The molecule has 0 aliphatic rings. The van der Waals surface area contributed by atoms with Crippen LogP contribution in [0.5, 0.6) is 0 Å². The van der Waals surface area contributed by atoms with Crippen molar-refractivity contribution in [2.45, 2.75) is 51.9 Å². The molecule has 0 aromatic heterocycles. The summed E-state index contributed by atoms with van der Waals surface area (Å²) in [6.07, 6.45) is 9.61. The Morgan fingerprint density at radius 1 is 0.933 bits per heavy atom. The van der Waals surface area contributed by atoms with Gasteiger partial charge in [-0.05, 0) is 0 Å². The van der Waals surface area contributed by atoms with Gasteiger partial charge in [0, 0.05) is 0 Å². The number of aryl methyl sites for hydroxylation is 1. The summed E-state index contributed by atoms with van der Waals surface area (Å²) in [5.74, 6) is 0. The van der Waals surface area contributed by atoms with Crippen LogP contribution in [0.1, 0.15) is 51.0 Å². The fourth-order valence-electron chi connectivity index (χ4n) is 1.99. The molecule has 15 heavy (non-hydrogen) atoms. The molecule has 0 N–H and O–H groups in total. The van der Waals surface area contributed by atoms with Gasteiger partial charge in [-0.25, -0.2) is 0 Å². The first-order valence-corrected chi connectivity index (χ1v) is 6.39. The summed E-state index contributed by atoms with van der Waals surface area (Å²) in [6, 6.07) is 8.76. The van der Waals surface area contributed by atoms with Crippen LogP contribution >= 0.6 is 0 Å². The van der Waals surface area contributed by atoms with Crippen LogP contribution in [0.2, 0.25) is 0 Å². The number of hydrogen-bond acceptors (Lipinski definition) is 0. The summed E-state index contributed by atoms with van der Waals surface area (Å²) in [7, 11) is 0. The molecule has 1 aromatic rings. The van der Waals surface area contributed by atoms with Crippen molar-refractivity contribution in [3.05, 3.63) is 29.8 Å². The number of benzene rings is 1. The van der Waals surface area contributed by atoms with Gasteiger partial charge in [0.25, 0.3) is 0 Å². The van der Waals surface area contributed by atoms with Crippen molar-refractivity contribution < 1.29 is 0 Å². The summed E-state index contributed by atoms with van der Waals surface area (Å²) in [5, 5.41) is 0. The van der Waals surface area contributed by atoms with Crippen molar-refractivity contribution in [1.29, 1.82) is 0 Å². The predicted octanol–water partition coefficient (Wildman–Crippen LogP) is 3.38. The van der Waals surface area contributed by atoms with E-state index in [1.807, 2.05) is 0 Å². The Kier molecular flexibility index (Phi) is 6.89. The van der Waals surface area contributed by atoms with E-state index in [2.05, 4.69) is 48.9 Å². The number of rotatable bonds is 7. The average molecular weight is 196 g/mol. The van der Waals surface area contributed by atoms with Crippen LogP contribution in [0, 0.1) is 0 Å². The zero-order valence-electron chi connectivity index (χ0n) is 10.3. The Balaban J connectivity index is 2.12. The summed E-state index contributed by atoms with van der Waals surface area (Å²) < 4.78 is 1.45. The summed E-state index contributed by atoms with van der Waals surface area (Å²) in [5.41, 5.74) is 1.54. The van der Waals surface area contributed by atoms with E-state index in [9.17, 15) is 0 Å². The molecule has 0 unspecified atom stereocenters. The maximum absolute atomic E-state index is 2.27. The standard InChI is InChI=1S/C14H21.Li/c1-2-3-4-5-6-8-11-14-12-9-7-10-13-14;/h7,9-10,12H,2-6,8,11H2,1H3;. The Labute approximate surface area is 104 Å². The van der Waals surface area contributed by atoms with Crippen molar-refractivity contribution in [2.75, 3.05) is 0 Å². The SMILES string of the molecule is [Li][c]1ccccc1CCCCCCCC. The van der Waals surface area contributed by atoms with Gasteiger partial charge in [0.05, 0.1) is 0 Å². The molecule has 0 atom stereocenters. The monoisotopic (exact) mass is 196 g/mol. The Bertz CT molecular complexity index is 268. The van der Waals surface area contributed by atoms with Gasteiger partial charge in [0.1, 0.15) is 0 Å². The van der Waals surface area contributed by atoms with Crippen molar-refractivity contribution in [3.63, 3.8) is 0 Å². The van der Waals surface area contributed by atoms with Crippen molar-refractivity contribution in [3.8, 4) is 0 Å². The molecular formula is C14H21Li. The van der Waals surface area contributed by atoms with Crippen LogP contribution in [0.15, 0.2) is 24.3 Å². The molecule has 0 bridgehead atoms. The summed E-state index contributed by atoms with van der Waals surface area (Å²) in [4.78, 5) is 0. The molecule has 0 aliphatic carbocycles. The van der Waals surface area contributed by atoms with Crippen LogP contribution in [0.3, 0.4) is 0 Å². The fraction of sp³-hybridized carbons (Fsp3) is 0.571. The molecule has 1 rings (SSSR count). The molecule has 1 heteroatoms. The van der Waals surface area contributed by atoms with Crippen LogP contribution < -0.4 is 4.24 Å². The van der Waals surface area contributed by atoms with E-state index < -0.39 is 0 Å². The predicted molar refractivity (Wildman–Crippen MR) is 68.9 cm³/mol. The normalized spacial score (nSPS) is 10.6. The van der Waals surface area contributed by atoms with Gasteiger partial charge in [0.15, 0.2) is 0 Å². The van der Waals surface area contributed by atoms with Crippen molar-refractivity contribution >= 4 is 22.0 Å². The van der Waals surface area contributed by atoms with E-state index in [0.717, 1.165) is 0 Å². The molecule has 0 amide bonds. The van der Waals surface area contributed by atoms with Gasteiger partial charge in [0.2, 0.25) is 0 Å². The zero-order chi connectivity index (χ0) is 10.9. The molecule has 0 radical (unpaired) electrons. The molecule has 1 aromatic carbocycles. The van der Waals surface area contributed by atoms with E-state index in [1.165, 1.54) is 54.7 Å². The quantitative estimate of drug-likeness (QED) is 0.463. The number of hydrogen-bond donors (Lipinski definition) is 0. The van der Waals surface area contributed by atoms with Gasteiger partial charge in [-0.15, -0.1) is 0 Å². The van der Waals surface area contributed by atoms with Gasteiger partial charge in [-0.2, -0.15) is 0 Å². The van der Waals surface area contributed by atoms with E-state index >= 15 is 0 Å².